The van der Waals surface area contributed by atoms with Gasteiger partial charge in [-0.25, -0.2) is 4.79 Å². The predicted octanol–water partition coefficient (Wildman–Crippen LogP) is 1.81. The van der Waals surface area contributed by atoms with Gasteiger partial charge in [0.2, 0.25) is 0 Å². The topological polar surface area (TPSA) is 46.5 Å². The molecule has 80 valence electrons. The number of aliphatic hydroxyl groups excluding tert-OH is 1. The Balaban J connectivity index is 4.50. The molecule has 0 aliphatic rings. The van der Waals surface area contributed by atoms with Crippen LogP contribution in [0, 0.1) is 0 Å². The first-order chi connectivity index (χ1) is 6.67. The molecule has 3 heteroatoms. The van der Waals surface area contributed by atoms with Gasteiger partial charge in [-0.15, -0.1) is 5.73 Å². The summed E-state index contributed by atoms with van der Waals surface area (Å²) in [6, 6.07) is 0. The van der Waals surface area contributed by atoms with Crippen LogP contribution >= 0.6 is 0 Å². The fourth-order valence-corrected chi connectivity index (χ4v) is 1.09. The molecule has 0 bridgehead atoms. The highest BCUT2D eigenvalue weighted by atomic mass is 16.5. The predicted molar refractivity (Wildman–Crippen MR) is 54.8 cm³/mol. The van der Waals surface area contributed by atoms with E-state index < -0.39 is 12.1 Å². The molecule has 1 atom stereocenters. The molecule has 0 aliphatic carbocycles. The highest BCUT2D eigenvalue weighted by molar-refractivity contribution is 5.77. The maximum absolute atomic E-state index is 11.0. The van der Waals surface area contributed by atoms with Crippen molar-refractivity contribution in [2.75, 3.05) is 7.11 Å². The molecule has 0 amide bonds. The minimum atomic E-state index is -1.16. The van der Waals surface area contributed by atoms with Gasteiger partial charge in [0.15, 0.2) is 6.10 Å². The third kappa shape index (κ3) is 4.26. The average molecular weight is 198 g/mol. The van der Waals surface area contributed by atoms with E-state index in [1.807, 2.05) is 0 Å². The zero-order valence-electron chi connectivity index (χ0n) is 9.04. The van der Waals surface area contributed by atoms with E-state index in [0.717, 1.165) is 12.8 Å². The maximum Gasteiger partial charge on any atom is 0.339 e. The molecule has 0 saturated carbocycles. The van der Waals surface area contributed by atoms with Gasteiger partial charge in [-0.1, -0.05) is 13.3 Å². The van der Waals surface area contributed by atoms with Crippen molar-refractivity contribution in [1.29, 1.82) is 0 Å². The van der Waals surface area contributed by atoms with E-state index in [1.165, 1.54) is 7.11 Å². The highest BCUT2D eigenvalue weighted by Gasteiger charge is 2.19. The lowest BCUT2D eigenvalue weighted by Gasteiger charge is -2.10. The smallest absolute Gasteiger partial charge is 0.339 e. The second-order valence-corrected chi connectivity index (χ2v) is 2.99. The first kappa shape index (κ1) is 12.9. The van der Waals surface area contributed by atoms with Crippen LogP contribution in [0.15, 0.2) is 17.4 Å². The van der Waals surface area contributed by atoms with Crippen LogP contribution in [0.5, 0.6) is 0 Å². The normalized spacial score (nSPS) is 11.4. The van der Waals surface area contributed by atoms with Crippen molar-refractivity contribution in [2.45, 2.75) is 39.2 Å². The van der Waals surface area contributed by atoms with Crippen molar-refractivity contribution in [3.05, 3.63) is 17.4 Å². The molecule has 14 heavy (non-hydrogen) atoms. The van der Waals surface area contributed by atoms with E-state index in [1.54, 1.807) is 13.0 Å². The summed E-state index contributed by atoms with van der Waals surface area (Å²) in [5.74, 6) is -0.620. The first-order valence-corrected chi connectivity index (χ1v) is 4.83. The standard InChI is InChI=1S/C11H18O3/c1-4-6-8-9(7-5-2)10(12)11(13)14-3/h5,10,12H,4,6,8H2,1-3H3. The van der Waals surface area contributed by atoms with Crippen molar-refractivity contribution in [3.8, 4) is 0 Å². The first-order valence-electron chi connectivity index (χ1n) is 4.83. The number of carbonyl (C=O) groups excluding carboxylic acids is 1. The Labute approximate surface area is 85.1 Å². The Hall–Kier alpha value is -1.05. The lowest BCUT2D eigenvalue weighted by Crippen LogP contribution is -2.23. The number of methoxy groups -OCH3 is 1. The van der Waals surface area contributed by atoms with Gasteiger partial charge in [0.1, 0.15) is 0 Å². The number of esters is 1. The number of hydrogen-bond donors (Lipinski definition) is 1. The molecular weight excluding hydrogens is 180 g/mol. The molecular formula is C11H18O3. The molecule has 1 N–H and O–H groups in total. The highest BCUT2D eigenvalue weighted by Crippen LogP contribution is 2.11. The number of rotatable bonds is 5. The van der Waals surface area contributed by atoms with Gasteiger partial charge in [0.25, 0.3) is 0 Å². The summed E-state index contributed by atoms with van der Waals surface area (Å²) in [6.07, 6.45) is 3.16. The SMILES string of the molecule is CC=C=C(CCCC)C(O)C(=O)OC. The molecule has 0 rings (SSSR count). The molecule has 3 nitrogen and oxygen atoms in total. The van der Waals surface area contributed by atoms with Crippen LogP contribution in [-0.2, 0) is 9.53 Å². The van der Waals surface area contributed by atoms with E-state index in [2.05, 4.69) is 17.4 Å². The van der Waals surface area contributed by atoms with Gasteiger partial charge in [-0.05, 0) is 25.8 Å². The quantitative estimate of drug-likeness (QED) is 0.541. The molecule has 0 heterocycles. The zero-order valence-corrected chi connectivity index (χ0v) is 9.04. The van der Waals surface area contributed by atoms with Crippen LogP contribution < -0.4 is 0 Å². The van der Waals surface area contributed by atoms with Gasteiger partial charge in [0.05, 0.1) is 7.11 Å². The third-order valence-electron chi connectivity index (χ3n) is 1.88. The molecule has 0 spiro atoms. The molecule has 1 unspecified atom stereocenters. The Morgan fingerprint density at radius 1 is 1.64 bits per heavy atom. The maximum atomic E-state index is 11.0. The van der Waals surface area contributed by atoms with Crippen LogP contribution in [0.25, 0.3) is 0 Å². The summed E-state index contributed by atoms with van der Waals surface area (Å²) in [7, 11) is 1.26. The Morgan fingerprint density at radius 3 is 2.71 bits per heavy atom. The van der Waals surface area contributed by atoms with Crippen LogP contribution in [0.2, 0.25) is 0 Å². The average Bonchev–Trinajstić information content (AvgIpc) is 2.22. The number of carbonyl (C=O) groups is 1. The molecule has 0 aromatic carbocycles. The second kappa shape index (κ2) is 7.36. The van der Waals surface area contributed by atoms with Crippen molar-refractivity contribution >= 4 is 5.97 Å². The van der Waals surface area contributed by atoms with Gasteiger partial charge < -0.3 is 9.84 Å². The molecule has 0 saturated heterocycles. The van der Waals surface area contributed by atoms with Crippen LogP contribution in [-0.4, -0.2) is 24.3 Å². The number of aliphatic hydroxyl groups is 1. The summed E-state index contributed by atoms with van der Waals surface area (Å²) in [5.41, 5.74) is 3.47. The second-order valence-electron chi connectivity index (χ2n) is 2.99. The van der Waals surface area contributed by atoms with E-state index in [0.29, 0.717) is 12.0 Å². The van der Waals surface area contributed by atoms with Crippen molar-refractivity contribution < 1.29 is 14.6 Å². The van der Waals surface area contributed by atoms with E-state index >= 15 is 0 Å². The van der Waals surface area contributed by atoms with Crippen molar-refractivity contribution in [1.82, 2.24) is 0 Å². The summed E-state index contributed by atoms with van der Waals surface area (Å²) in [6.45, 7) is 3.85. The van der Waals surface area contributed by atoms with Crippen molar-refractivity contribution in [2.24, 2.45) is 0 Å². The molecule has 0 aliphatic heterocycles. The molecule has 0 aromatic heterocycles. The summed E-state index contributed by atoms with van der Waals surface area (Å²) in [4.78, 5) is 11.0. The van der Waals surface area contributed by atoms with E-state index in [-0.39, 0.29) is 0 Å². The van der Waals surface area contributed by atoms with Crippen molar-refractivity contribution in [3.63, 3.8) is 0 Å². The number of unbranched alkanes of at least 4 members (excludes halogenated alkanes) is 1. The zero-order chi connectivity index (χ0) is 11.0. The van der Waals surface area contributed by atoms with E-state index in [4.69, 9.17) is 0 Å². The minimum Gasteiger partial charge on any atom is -0.467 e. The van der Waals surface area contributed by atoms with Crippen LogP contribution in [0.4, 0.5) is 0 Å². The monoisotopic (exact) mass is 198 g/mol. The van der Waals surface area contributed by atoms with Crippen LogP contribution in [0.1, 0.15) is 33.1 Å². The fraction of sp³-hybridized carbons (Fsp3) is 0.636. The van der Waals surface area contributed by atoms with Gasteiger partial charge in [0, 0.05) is 5.57 Å². The lowest BCUT2D eigenvalue weighted by molar-refractivity contribution is -0.148. The summed E-state index contributed by atoms with van der Waals surface area (Å²) in [5, 5.41) is 9.54. The van der Waals surface area contributed by atoms with Gasteiger partial charge >= 0.3 is 5.97 Å². The third-order valence-corrected chi connectivity index (χ3v) is 1.88. The molecule has 0 fully saturated rings. The van der Waals surface area contributed by atoms with Gasteiger partial charge in [-0.3, -0.25) is 0 Å². The fourth-order valence-electron chi connectivity index (χ4n) is 1.09. The van der Waals surface area contributed by atoms with Gasteiger partial charge in [-0.2, -0.15) is 0 Å². The Bertz CT molecular complexity index is 237. The molecule has 0 aromatic rings. The number of hydrogen-bond acceptors (Lipinski definition) is 3. The Morgan fingerprint density at radius 2 is 2.29 bits per heavy atom. The largest absolute Gasteiger partial charge is 0.467 e. The lowest BCUT2D eigenvalue weighted by atomic mass is 10.0. The van der Waals surface area contributed by atoms with Crippen LogP contribution in [0.3, 0.4) is 0 Å². The number of ether oxygens (including phenoxy) is 1. The molecule has 0 radical (unpaired) electrons. The summed E-state index contributed by atoms with van der Waals surface area (Å²) >= 11 is 0. The van der Waals surface area contributed by atoms with E-state index in [9.17, 15) is 9.90 Å². The Kier molecular flexibility index (Phi) is 6.81. The summed E-state index contributed by atoms with van der Waals surface area (Å²) < 4.78 is 4.46. The minimum absolute atomic E-state index is 0.598.